The number of nitrogens with zero attached hydrogens (tertiary/aromatic N) is 3. The fourth-order valence-corrected chi connectivity index (χ4v) is 4.01. The van der Waals surface area contributed by atoms with Crippen LogP contribution in [0.4, 0.5) is 5.69 Å². The zero-order valence-electron chi connectivity index (χ0n) is 14.5. The van der Waals surface area contributed by atoms with Gasteiger partial charge in [0, 0.05) is 30.8 Å². The first-order valence-electron chi connectivity index (χ1n) is 8.36. The molecule has 0 aliphatic heterocycles. The first-order valence-corrected chi connectivity index (χ1v) is 10.2. The molecule has 0 spiro atoms. The SMILES string of the molecule is NC(=O)CCn1c(SCCC(=O)Nc2ccccc2)nnc1-c1cccs1. The molecule has 0 unspecified atom stereocenters. The van der Waals surface area contributed by atoms with E-state index in [0.717, 1.165) is 10.6 Å². The second-order valence-electron chi connectivity index (χ2n) is 5.66. The molecule has 2 aromatic heterocycles. The third-order valence-corrected chi connectivity index (χ3v) is 5.49. The number of primary amides is 1. The van der Waals surface area contributed by atoms with E-state index in [1.165, 1.54) is 11.8 Å². The van der Waals surface area contributed by atoms with Gasteiger partial charge in [-0.2, -0.15) is 0 Å². The van der Waals surface area contributed by atoms with Crippen molar-refractivity contribution >= 4 is 40.6 Å². The lowest BCUT2D eigenvalue weighted by atomic mass is 10.3. The van der Waals surface area contributed by atoms with Gasteiger partial charge in [0.05, 0.1) is 4.88 Å². The topological polar surface area (TPSA) is 103 Å². The number of carbonyl (C=O) groups is 2. The fraction of sp³-hybridized carbons (Fsp3) is 0.222. The fourth-order valence-electron chi connectivity index (χ4n) is 2.39. The monoisotopic (exact) mass is 401 g/mol. The van der Waals surface area contributed by atoms with Gasteiger partial charge in [-0.15, -0.1) is 21.5 Å². The number of nitrogens with one attached hydrogen (secondary N) is 1. The number of aromatic nitrogens is 3. The van der Waals surface area contributed by atoms with Crippen LogP contribution >= 0.6 is 23.1 Å². The summed E-state index contributed by atoms with van der Waals surface area (Å²) in [4.78, 5) is 24.2. The molecule has 7 nitrogen and oxygen atoms in total. The van der Waals surface area contributed by atoms with Gasteiger partial charge in [0.1, 0.15) is 0 Å². The Morgan fingerprint density at radius 3 is 2.63 bits per heavy atom. The van der Waals surface area contributed by atoms with Crippen molar-refractivity contribution in [2.75, 3.05) is 11.1 Å². The summed E-state index contributed by atoms with van der Waals surface area (Å²) in [5, 5.41) is 14.0. The van der Waals surface area contributed by atoms with Crippen molar-refractivity contribution in [3.8, 4) is 10.7 Å². The van der Waals surface area contributed by atoms with Crippen molar-refractivity contribution < 1.29 is 9.59 Å². The van der Waals surface area contributed by atoms with Gasteiger partial charge in [-0.05, 0) is 23.6 Å². The van der Waals surface area contributed by atoms with Crippen molar-refractivity contribution in [1.82, 2.24) is 14.8 Å². The van der Waals surface area contributed by atoms with Crippen molar-refractivity contribution in [3.05, 3.63) is 47.8 Å². The molecule has 3 N–H and O–H groups in total. The molecule has 2 heterocycles. The van der Waals surface area contributed by atoms with Crippen LogP contribution in [0, 0.1) is 0 Å². The Kier molecular flexibility index (Phi) is 6.61. The number of thioether (sulfide) groups is 1. The Labute approximate surface area is 165 Å². The maximum atomic E-state index is 12.1. The van der Waals surface area contributed by atoms with Crippen LogP contribution < -0.4 is 11.1 Å². The highest BCUT2D eigenvalue weighted by Gasteiger charge is 2.16. The Bertz CT molecular complexity index is 894. The zero-order chi connectivity index (χ0) is 19.1. The Balaban J connectivity index is 1.62. The first kappa shape index (κ1) is 19.1. The third kappa shape index (κ3) is 5.41. The zero-order valence-corrected chi connectivity index (χ0v) is 16.1. The van der Waals surface area contributed by atoms with Crippen LogP contribution in [0.25, 0.3) is 10.7 Å². The number of rotatable bonds is 9. The summed E-state index contributed by atoms with van der Waals surface area (Å²) < 4.78 is 1.89. The molecule has 0 aliphatic carbocycles. The second-order valence-corrected chi connectivity index (χ2v) is 7.67. The number of carbonyl (C=O) groups excluding carboxylic acids is 2. The molecule has 0 bridgehead atoms. The highest BCUT2D eigenvalue weighted by Crippen LogP contribution is 2.27. The van der Waals surface area contributed by atoms with E-state index in [1.807, 2.05) is 52.4 Å². The molecule has 1 aromatic carbocycles. The summed E-state index contributed by atoms with van der Waals surface area (Å²) in [7, 11) is 0. The van der Waals surface area contributed by atoms with E-state index in [1.54, 1.807) is 11.3 Å². The van der Waals surface area contributed by atoms with Gasteiger partial charge >= 0.3 is 0 Å². The lowest BCUT2D eigenvalue weighted by molar-refractivity contribution is -0.118. The first-order chi connectivity index (χ1) is 13.1. The van der Waals surface area contributed by atoms with Gasteiger partial charge in [-0.1, -0.05) is 36.0 Å². The predicted molar refractivity (Wildman–Crippen MR) is 108 cm³/mol. The third-order valence-electron chi connectivity index (χ3n) is 3.66. The van der Waals surface area contributed by atoms with Gasteiger partial charge in [0.25, 0.3) is 0 Å². The van der Waals surface area contributed by atoms with E-state index in [0.29, 0.717) is 29.7 Å². The molecule has 0 saturated heterocycles. The number of hydrogen-bond donors (Lipinski definition) is 2. The average molecular weight is 402 g/mol. The number of para-hydroxylation sites is 1. The molecule has 3 aromatic rings. The minimum absolute atomic E-state index is 0.0598. The standard InChI is InChI=1S/C18H19N5O2S2/c19-15(24)8-10-23-17(14-7-4-11-26-14)21-22-18(23)27-12-9-16(25)20-13-5-2-1-3-6-13/h1-7,11H,8-10,12H2,(H2,19,24)(H,20,25). The average Bonchev–Trinajstić information content (AvgIpc) is 3.30. The van der Waals surface area contributed by atoms with Crippen LogP contribution in [0.15, 0.2) is 53.0 Å². The highest BCUT2D eigenvalue weighted by atomic mass is 32.2. The normalized spacial score (nSPS) is 10.7. The molecule has 3 rings (SSSR count). The number of anilines is 1. The lowest BCUT2D eigenvalue weighted by Crippen LogP contribution is -2.15. The van der Waals surface area contributed by atoms with Gasteiger partial charge < -0.3 is 15.6 Å². The Hall–Kier alpha value is -2.65. The van der Waals surface area contributed by atoms with Crippen LogP contribution in [-0.4, -0.2) is 32.3 Å². The van der Waals surface area contributed by atoms with Crippen LogP contribution in [0.1, 0.15) is 12.8 Å². The Morgan fingerprint density at radius 1 is 1.11 bits per heavy atom. The summed E-state index contributed by atoms with van der Waals surface area (Å²) in [6.07, 6.45) is 0.551. The molecule has 9 heteroatoms. The lowest BCUT2D eigenvalue weighted by Gasteiger charge is -2.08. The smallest absolute Gasteiger partial charge is 0.225 e. The number of nitrogens with two attached hydrogens (primary N) is 1. The van der Waals surface area contributed by atoms with Gasteiger partial charge in [-0.3, -0.25) is 9.59 Å². The number of amides is 2. The molecular weight excluding hydrogens is 382 g/mol. The van der Waals surface area contributed by atoms with Crippen LogP contribution in [-0.2, 0) is 16.1 Å². The van der Waals surface area contributed by atoms with Crippen LogP contribution in [0.3, 0.4) is 0 Å². The number of thiophene rings is 1. The molecule has 0 radical (unpaired) electrons. The van der Waals surface area contributed by atoms with Gasteiger partial charge in [-0.25, -0.2) is 0 Å². The van der Waals surface area contributed by atoms with Crippen molar-refractivity contribution in [1.29, 1.82) is 0 Å². The molecule has 0 atom stereocenters. The van der Waals surface area contributed by atoms with Crippen LogP contribution in [0.2, 0.25) is 0 Å². The molecule has 27 heavy (non-hydrogen) atoms. The van der Waals surface area contributed by atoms with E-state index in [9.17, 15) is 9.59 Å². The summed E-state index contributed by atoms with van der Waals surface area (Å²) in [6.45, 7) is 0.411. The van der Waals surface area contributed by atoms with E-state index in [-0.39, 0.29) is 18.2 Å². The summed E-state index contributed by atoms with van der Waals surface area (Å²) in [5.74, 6) is 0.828. The molecule has 0 fully saturated rings. The molecule has 2 amide bonds. The highest BCUT2D eigenvalue weighted by molar-refractivity contribution is 7.99. The number of hydrogen-bond acceptors (Lipinski definition) is 6. The van der Waals surface area contributed by atoms with Gasteiger partial charge in [0.2, 0.25) is 11.8 Å². The van der Waals surface area contributed by atoms with Gasteiger partial charge in [0.15, 0.2) is 11.0 Å². The maximum absolute atomic E-state index is 12.1. The van der Waals surface area contributed by atoms with Crippen molar-refractivity contribution in [2.45, 2.75) is 24.5 Å². The quantitative estimate of drug-likeness (QED) is 0.537. The van der Waals surface area contributed by atoms with Crippen molar-refractivity contribution in [3.63, 3.8) is 0 Å². The van der Waals surface area contributed by atoms with E-state index in [4.69, 9.17) is 5.73 Å². The van der Waals surface area contributed by atoms with E-state index >= 15 is 0 Å². The summed E-state index contributed by atoms with van der Waals surface area (Å²) in [6, 6.07) is 13.2. The minimum Gasteiger partial charge on any atom is -0.370 e. The second kappa shape index (κ2) is 9.33. The largest absolute Gasteiger partial charge is 0.370 e. The van der Waals surface area contributed by atoms with Crippen LogP contribution in [0.5, 0.6) is 0 Å². The molecule has 0 saturated carbocycles. The molecule has 140 valence electrons. The molecular formula is C18H19N5O2S2. The maximum Gasteiger partial charge on any atom is 0.225 e. The Morgan fingerprint density at radius 2 is 1.93 bits per heavy atom. The summed E-state index contributed by atoms with van der Waals surface area (Å²) >= 11 is 2.99. The number of benzene rings is 1. The van der Waals surface area contributed by atoms with E-state index in [2.05, 4.69) is 15.5 Å². The minimum atomic E-state index is -0.376. The van der Waals surface area contributed by atoms with Crippen molar-refractivity contribution in [2.24, 2.45) is 5.73 Å². The van der Waals surface area contributed by atoms with E-state index < -0.39 is 0 Å². The molecule has 0 aliphatic rings. The summed E-state index contributed by atoms with van der Waals surface area (Å²) in [5.41, 5.74) is 6.07. The predicted octanol–water partition coefficient (Wildman–Crippen LogP) is 3.00.